The first-order chi connectivity index (χ1) is 13.9. The fourth-order valence-corrected chi connectivity index (χ4v) is 7.82. The lowest BCUT2D eigenvalue weighted by atomic mass is 9.46. The summed E-state index contributed by atoms with van der Waals surface area (Å²) < 4.78 is 6.57. The molecule has 29 heavy (non-hydrogen) atoms. The number of carbonyl (C=O) groups is 2. The molecular weight excluding hydrogens is 384 g/mol. The maximum Gasteiger partial charge on any atom is 0.176 e. The number of aliphatic hydroxyl groups is 1. The summed E-state index contributed by atoms with van der Waals surface area (Å²) >= 11 is 1.33. The van der Waals surface area contributed by atoms with E-state index in [1.54, 1.807) is 0 Å². The van der Waals surface area contributed by atoms with Gasteiger partial charge in [-0.1, -0.05) is 31.2 Å². The molecule has 0 radical (unpaired) electrons. The molecule has 7 unspecified atom stereocenters. The SMILES string of the molecule is CC12CCC(=O)C=C1CCC1C2C(OCCCCSC=O)CC2(C)C(O)CCC12. The highest BCUT2D eigenvalue weighted by Gasteiger charge is 2.62. The quantitative estimate of drug-likeness (QED) is 0.482. The molecule has 0 aromatic rings. The van der Waals surface area contributed by atoms with Crippen LogP contribution in [0.3, 0.4) is 0 Å². The molecule has 0 aromatic heterocycles. The van der Waals surface area contributed by atoms with Crippen molar-refractivity contribution in [3.05, 3.63) is 11.6 Å². The predicted octanol–water partition coefficient (Wildman–Crippen LogP) is 4.58. The van der Waals surface area contributed by atoms with E-state index in [4.69, 9.17) is 4.74 Å². The summed E-state index contributed by atoms with van der Waals surface area (Å²) in [5.41, 5.74) is 2.29. The topological polar surface area (TPSA) is 63.6 Å². The second-order valence-electron chi connectivity index (χ2n) is 10.3. The van der Waals surface area contributed by atoms with Crippen molar-refractivity contribution in [1.82, 2.24) is 0 Å². The highest BCUT2D eigenvalue weighted by Crippen LogP contribution is 2.65. The van der Waals surface area contributed by atoms with Crippen LogP contribution in [0.5, 0.6) is 0 Å². The van der Waals surface area contributed by atoms with E-state index >= 15 is 0 Å². The zero-order valence-electron chi connectivity index (χ0n) is 17.9. The van der Waals surface area contributed by atoms with E-state index in [0.717, 1.165) is 69.3 Å². The summed E-state index contributed by atoms with van der Waals surface area (Å²) in [5, 5.41) is 10.8. The van der Waals surface area contributed by atoms with Crippen molar-refractivity contribution < 1.29 is 19.4 Å². The molecule has 3 fully saturated rings. The minimum absolute atomic E-state index is 0.0404. The second kappa shape index (κ2) is 8.47. The summed E-state index contributed by atoms with van der Waals surface area (Å²) in [7, 11) is 0. The lowest BCUT2D eigenvalue weighted by Crippen LogP contribution is -2.57. The lowest BCUT2D eigenvalue weighted by Gasteiger charge is -2.60. The molecule has 4 nitrogen and oxygen atoms in total. The van der Waals surface area contributed by atoms with E-state index in [9.17, 15) is 14.7 Å². The van der Waals surface area contributed by atoms with Gasteiger partial charge >= 0.3 is 0 Å². The number of thioether (sulfide) groups is 1. The van der Waals surface area contributed by atoms with Gasteiger partial charge in [0.15, 0.2) is 11.4 Å². The van der Waals surface area contributed by atoms with Crippen LogP contribution >= 0.6 is 11.8 Å². The van der Waals surface area contributed by atoms with Crippen LogP contribution in [0.2, 0.25) is 0 Å². The predicted molar refractivity (Wildman–Crippen MR) is 116 cm³/mol. The highest BCUT2D eigenvalue weighted by atomic mass is 32.2. The Labute approximate surface area is 179 Å². The third-order valence-electron chi connectivity index (χ3n) is 8.88. The van der Waals surface area contributed by atoms with E-state index < -0.39 is 0 Å². The smallest absolute Gasteiger partial charge is 0.176 e. The number of hydrogen-bond acceptors (Lipinski definition) is 5. The van der Waals surface area contributed by atoms with Crippen molar-refractivity contribution in [3.8, 4) is 0 Å². The molecule has 4 aliphatic rings. The summed E-state index contributed by atoms with van der Waals surface area (Å²) in [6.45, 7) is 5.39. The fourth-order valence-electron chi connectivity index (χ4n) is 7.35. The number of rotatable bonds is 7. The van der Waals surface area contributed by atoms with Gasteiger partial charge in [-0.05, 0) is 86.0 Å². The van der Waals surface area contributed by atoms with Crippen LogP contribution in [-0.4, -0.2) is 41.1 Å². The molecule has 7 atom stereocenters. The first-order valence-corrected chi connectivity index (χ1v) is 12.5. The number of allylic oxidation sites excluding steroid dienone is 1. The Kier molecular flexibility index (Phi) is 6.30. The Balaban J connectivity index is 1.56. The monoisotopic (exact) mass is 420 g/mol. The van der Waals surface area contributed by atoms with Crippen LogP contribution in [0, 0.1) is 28.6 Å². The van der Waals surface area contributed by atoms with Crippen LogP contribution in [0.4, 0.5) is 0 Å². The van der Waals surface area contributed by atoms with Crippen molar-refractivity contribution in [3.63, 3.8) is 0 Å². The van der Waals surface area contributed by atoms with Gasteiger partial charge in [0.05, 0.1) is 12.2 Å². The average Bonchev–Trinajstić information content (AvgIpc) is 2.99. The summed E-state index contributed by atoms with van der Waals surface area (Å²) in [5.74, 6) is 2.75. The second-order valence-corrected chi connectivity index (χ2v) is 11.2. The van der Waals surface area contributed by atoms with Gasteiger partial charge < -0.3 is 9.84 Å². The fraction of sp³-hybridized carbons (Fsp3) is 0.833. The van der Waals surface area contributed by atoms with Gasteiger partial charge in [-0.2, -0.15) is 0 Å². The molecule has 0 saturated heterocycles. The van der Waals surface area contributed by atoms with Crippen LogP contribution in [-0.2, 0) is 14.3 Å². The summed E-state index contributed by atoms with van der Waals surface area (Å²) in [4.78, 5) is 22.6. The Hall–Kier alpha value is -0.650. The standard InChI is InChI=1S/C24H36O4S/c1-23-10-9-17(26)13-16(23)5-6-18-19-7-8-21(27)24(19,2)14-20(22(18)23)28-11-3-4-12-29-15-25/h13,15,18-22,27H,3-12,14H2,1-2H3. The van der Waals surface area contributed by atoms with Crippen LogP contribution in [0.1, 0.15) is 71.6 Å². The molecule has 162 valence electrons. The van der Waals surface area contributed by atoms with Crippen molar-refractivity contribution in [2.75, 3.05) is 12.4 Å². The molecule has 0 aliphatic heterocycles. The lowest BCUT2D eigenvalue weighted by molar-refractivity contribution is -0.161. The molecule has 0 amide bonds. The van der Waals surface area contributed by atoms with Crippen molar-refractivity contribution in [2.24, 2.45) is 28.6 Å². The van der Waals surface area contributed by atoms with E-state index in [-0.39, 0.29) is 28.8 Å². The Morgan fingerprint density at radius 2 is 2.07 bits per heavy atom. The molecule has 5 heteroatoms. The van der Waals surface area contributed by atoms with Gasteiger partial charge in [-0.15, -0.1) is 0 Å². The van der Waals surface area contributed by atoms with Crippen LogP contribution in [0.15, 0.2) is 11.6 Å². The number of aliphatic hydroxyl groups excluding tert-OH is 1. The summed E-state index contributed by atoms with van der Waals surface area (Å²) in [6.07, 6.45) is 10.6. The van der Waals surface area contributed by atoms with E-state index in [2.05, 4.69) is 13.8 Å². The van der Waals surface area contributed by atoms with E-state index in [1.807, 2.05) is 6.08 Å². The molecule has 0 bridgehead atoms. The summed E-state index contributed by atoms with van der Waals surface area (Å²) in [6, 6.07) is 0. The van der Waals surface area contributed by atoms with Gasteiger partial charge in [0.1, 0.15) is 0 Å². The number of fused-ring (bicyclic) bond motifs is 5. The van der Waals surface area contributed by atoms with Gasteiger partial charge in [0.25, 0.3) is 0 Å². The molecule has 0 aromatic carbocycles. The molecule has 4 rings (SSSR count). The highest BCUT2D eigenvalue weighted by molar-refractivity contribution is 8.11. The van der Waals surface area contributed by atoms with Crippen molar-refractivity contribution in [1.29, 1.82) is 0 Å². The Bertz CT molecular complexity index is 676. The van der Waals surface area contributed by atoms with Crippen molar-refractivity contribution >= 4 is 23.2 Å². The maximum atomic E-state index is 12.1. The number of ether oxygens (including phenoxy) is 1. The van der Waals surface area contributed by atoms with E-state index in [0.29, 0.717) is 24.2 Å². The Morgan fingerprint density at radius 1 is 1.24 bits per heavy atom. The molecule has 0 spiro atoms. The third-order valence-corrected chi connectivity index (χ3v) is 9.54. The van der Waals surface area contributed by atoms with E-state index in [1.165, 1.54) is 17.3 Å². The zero-order valence-corrected chi connectivity index (χ0v) is 18.7. The largest absolute Gasteiger partial charge is 0.393 e. The molecule has 1 N–H and O–H groups in total. The minimum Gasteiger partial charge on any atom is -0.393 e. The first kappa shape index (κ1) is 21.6. The van der Waals surface area contributed by atoms with Gasteiger partial charge in [0.2, 0.25) is 0 Å². The Morgan fingerprint density at radius 3 is 2.86 bits per heavy atom. The average molecular weight is 421 g/mol. The maximum absolute atomic E-state index is 12.1. The van der Waals surface area contributed by atoms with Gasteiger partial charge in [-0.3, -0.25) is 9.59 Å². The molecule has 3 saturated carbocycles. The first-order valence-electron chi connectivity index (χ1n) is 11.5. The normalized spacial score (nSPS) is 43.9. The minimum atomic E-state index is -0.221. The number of ketones is 1. The number of unbranched alkanes of at least 4 members (excludes halogenated alkanes) is 1. The van der Waals surface area contributed by atoms with Crippen LogP contribution < -0.4 is 0 Å². The molecule has 0 heterocycles. The number of hydrogen-bond donors (Lipinski definition) is 1. The van der Waals surface area contributed by atoms with Crippen molar-refractivity contribution in [2.45, 2.75) is 83.8 Å². The zero-order chi connectivity index (χ0) is 20.6. The van der Waals surface area contributed by atoms with Crippen LogP contribution in [0.25, 0.3) is 0 Å². The van der Waals surface area contributed by atoms with Gasteiger partial charge in [-0.25, -0.2) is 0 Å². The number of carbonyl (C=O) groups excluding carboxylic acids is 2. The third kappa shape index (κ3) is 3.76. The molecule has 4 aliphatic carbocycles. The van der Waals surface area contributed by atoms with Gasteiger partial charge in [0, 0.05) is 18.8 Å². The molecular formula is C24H36O4S.